The zero-order chi connectivity index (χ0) is 9.54. The van der Waals surface area contributed by atoms with Crippen LogP contribution in [0.4, 0.5) is 0 Å². The van der Waals surface area contributed by atoms with E-state index in [1.807, 2.05) is 18.2 Å². The number of rotatable bonds is 1. The topological polar surface area (TPSA) is 0 Å². The highest BCUT2D eigenvalue weighted by molar-refractivity contribution is 6.36. The molecule has 0 bridgehead atoms. The molecule has 0 saturated heterocycles. The zero-order valence-electron chi connectivity index (χ0n) is 7.70. The minimum absolute atomic E-state index is 0.865. The summed E-state index contributed by atoms with van der Waals surface area (Å²) in [6, 6.07) is 12.5. The maximum atomic E-state index is 5.97. The van der Waals surface area contributed by atoms with Gasteiger partial charge in [0.1, 0.15) is 7.85 Å². The normalized spacial score (nSPS) is 14.1. The van der Waals surface area contributed by atoms with Crippen LogP contribution < -0.4 is 5.46 Å². The van der Waals surface area contributed by atoms with Crippen LogP contribution in [0.15, 0.2) is 42.5 Å². The molecule has 0 atom stereocenters. The second-order valence-corrected chi connectivity index (χ2v) is 3.58. The number of allylic oxidation sites excluding steroid dienone is 2. The third kappa shape index (κ3) is 1.17. The lowest BCUT2D eigenvalue weighted by molar-refractivity contribution is 1.74. The molecule has 3 rings (SSSR count). The average Bonchev–Trinajstić information content (AvgIpc) is 3.00. The van der Waals surface area contributed by atoms with Crippen molar-refractivity contribution in [2.24, 2.45) is 0 Å². The lowest BCUT2D eigenvalue weighted by Gasteiger charge is -2.05. The van der Waals surface area contributed by atoms with Crippen molar-refractivity contribution in [3.8, 4) is 0 Å². The molecule has 0 heterocycles. The smallest absolute Gasteiger partial charge is 0.0887 e. The van der Waals surface area contributed by atoms with Crippen LogP contribution in [0, 0.1) is 6.42 Å². The Morgan fingerprint density at radius 1 is 0.929 bits per heavy atom. The molecular weight excluding hydrogens is 167 g/mol. The van der Waals surface area contributed by atoms with Crippen LogP contribution in [0.25, 0.3) is 16.3 Å². The molecular formula is C13H8B. The Kier molecular flexibility index (Phi) is 1.54. The molecule has 0 fully saturated rings. The van der Waals surface area contributed by atoms with Crippen molar-refractivity contribution in [3.05, 3.63) is 54.5 Å². The minimum Gasteiger partial charge on any atom is -0.0887 e. The van der Waals surface area contributed by atoms with E-state index in [9.17, 15) is 0 Å². The van der Waals surface area contributed by atoms with E-state index in [2.05, 4.69) is 30.7 Å². The van der Waals surface area contributed by atoms with Gasteiger partial charge in [0, 0.05) is 6.42 Å². The molecule has 2 aromatic rings. The summed E-state index contributed by atoms with van der Waals surface area (Å²) >= 11 is 0. The van der Waals surface area contributed by atoms with Crippen molar-refractivity contribution < 1.29 is 0 Å². The summed E-state index contributed by atoms with van der Waals surface area (Å²) in [5.74, 6) is 0. The summed E-state index contributed by atoms with van der Waals surface area (Å²) in [4.78, 5) is 0. The Hall–Kier alpha value is -1.50. The van der Waals surface area contributed by atoms with Gasteiger partial charge in [-0.2, -0.15) is 0 Å². The van der Waals surface area contributed by atoms with Gasteiger partial charge in [0.25, 0.3) is 0 Å². The average molecular weight is 175 g/mol. The zero-order valence-corrected chi connectivity index (χ0v) is 7.70. The summed E-state index contributed by atoms with van der Waals surface area (Å²) in [6.07, 6.45) is 4.17. The van der Waals surface area contributed by atoms with Crippen LogP contribution >= 0.6 is 0 Å². The fraction of sp³-hybridized carbons (Fsp3) is 0. The Morgan fingerprint density at radius 2 is 1.57 bits per heavy atom. The molecule has 3 radical (unpaired) electrons. The summed E-state index contributed by atoms with van der Waals surface area (Å²) in [5.41, 5.74) is 3.28. The molecule has 1 aliphatic carbocycles. The molecule has 1 heteroatoms. The van der Waals surface area contributed by atoms with E-state index in [0.717, 1.165) is 11.0 Å². The molecule has 0 amide bonds. The van der Waals surface area contributed by atoms with Crippen molar-refractivity contribution in [1.29, 1.82) is 0 Å². The Labute approximate surface area is 84.7 Å². The van der Waals surface area contributed by atoms with Crippen LogP contribution in [0.3, 0.4) is 0 Å². The van der Waals surface area contributed by atoms with Gasteiger partial charge in [0.15, 0.2) is 0 Å². The first-order chi connectivity index (χ1) is 6.84. The van der Waals surface area contributed by atoms with Gasteiger partial charge in [0.2, 0.25) is 0 Å². The molecule has 0 N–H and O–H groups in total. The highest BCUT2D eigenvalue weighted by Gasteiger charge is 2.12. The van der Waals surface area contributed by atoms with Gasteiger partial charge in [-0.1, -0.05) is 41.9 Å². The van der Waals surface area contributed by atoms with Crippen LogP contribution in [0.1, 0.15) is 5.56 Å². The van der Waals surface area contributed by atoms with Gasteiger partial charge in [0.05, 0.1) is 0 Å². The number of benzene rings is 2. The third-order valence-electron chi connectivity index (χ3n) is 2.56. The molecule has 0 spiro atoms. The largest absolute Gasteiger partial charge is 0.114 e. The molecule has 0 saturated carbocycles. The highest BCUT2D eigenvalue weighted by Crippen LogP contribution is 2.29. The predicted molar refractivity (Wildman–Crippen MR) is 61.6 cm³/mol. The van der Waals surface area contributed by atoms with Crippen LogP contribution in [-0.4, -0.2) is 7.85 Å². The standard InChI is InChI=1S/C13H8B/c14-13-8-11-4-2-1-3-10(11)7-12(13)9-5-6-9/h1-8H. The fourth-order valence-corrected chi connectivity index (χ4v) is 1.73. The van der Waals surface area contributed by atoms with Gasteiger partial charge in [-0.25, -0.2) is 0 Å². The SMILES string of the molecule is [B]c1cc2ccccc2cc1C1=C[CH]1. The Balaban J connectivity index is 2.32. The summed E-state index contributed by atoms with van der Waals surface area (Å²) in [5, 5.41) is 2.45. The van der Waals surface area contributed by atoms with Crippen LogP contribution in [-0.2, 0) is 0 Å². The minimum atomic E-state index is 0.865. The van der Waals surface area contributed by atoms with Crippen LogP contribution in [0.2, 0.25) is 0 Å². The van der Waals surface area contributed by atoms with E-state index in [0.29, 0.717) is 0 Å². The number of hydrogen-bond donors (Lipinski definition) is 0. The maximum absolute atomic E-state index is 5.97. The maximum Gasteiger partial charge on any atom is 0.114 e. The monoisotopic (exact) mass is 175 g/mol. The Morgan fingerprint density at radius 3 is 2.21 bits per heavy atom. The number of hydrogen-bond acceptors (Lipinski definition) is 0. The van der Waals surface area contributed by atoms with Crippen molar-refractivity contribution in [3.63, 3.8) is 0 Å². The summed E-state index contributed by atoms with van der Waals surface area (Å²) in [7, 11) is 5.97. The van der Waals surface area contributed by atoms with E-state index < -0.39 is 0 Å². The third-order valence-corrected chi connectivity index (χ3v) is 2.56. The number of fused-ring (bicyclic) bond motifs is 1. The highest BCUT2D eigenvalue weighted by atomic mass is 14.2. The molecule has 0 aliphatic heterocycles. The van der Waals surface area contributed by atoms with Gasteiger partial charge < -0.3 is 0 Å². The van der Waals surface area contributed by atoms with Gasteiger partial charge in [-0.05, 0) is 28.0 Å². The molecule has 0 unspecified atom stereocenters. The first kappa shape index (κ1) is 7.87. The van der Waals surface area contributed by atoms with E-state index in [4.69, 9.17) is 7.85 Å². The van der Waals surface area contributed by atoms with Crippen molar-refractivity contribution in [1.82, 2.24) is 0 Å². The van der Waals surface area contributed by atoms with E-state index in [1.165, 1.54) is 16.3 Å². The first-order valence-electron chi connectivity index (χ1n) is 4.68. The van der Waals surface area contributed by atoms with Gasteiger partial charge in [-0.15, -0.1) is 0 Å². The molecule has 2 aromatic carbocycles. The van der Waals surface area contributed by atoms with Crippen molar-refractivity contribution >= 4 is 29.7 Å². The van der Waals surface area contributed by atoms with Gasteiger partial charge >= 0.3 is 0 Å². The Bertz CT molecular complexity index is 538. The second kappa shape index (κ2) is 2.75. The van der Waals surface area contributed by atoms with Gasteiger partial charge in [-0.3, -0.25) is 0 Å². The summed E-state index contributed by atoms with van der Waals surface area (Å²) in [6.45, 7) is 0. The predicted octanol–water partition coefficient (Wildman–Crippen LogP) is 2.23. The van der Waals surface area contributed by atoms with Crippen LogP contribution in [0.5, 0.6) is 0 Å². The van der Waals surface area contributed by atoms with E-state index >= 15 is 0 Å². The quantitative estimate of drug-likeness (QED) is 0.583. The van der Waals surface area contributed by atoms with E-state index in [1.54, 1.807) is 0 Å². The molecule has 0 aromatic heterocycles. The lowest BCUT2D eigenvalue weighted by atomic mass is 9.87. The second-order valence-electron chi connectivity index (χ2n) is 3.58. The van der Waals surface area contributed by atoms with E-state index in [-0.39, 0.29) is 0 Å². The fourth-order valence-electron chi connectivity index (χ4n) is 1.73. The molecule has 0 nitrogen and oxygen atoms in total. The molecule has 14 heavy (non-hydrogen) atoms. The molecule has 63 valence electrons. The first-order valence-corrected chi connectivity index (χ1v) is 4.68. The summed E-state index contributed by atoms with van der Waals surface area (Å²) < 4.78 is 0. The molecule has 1 aliphatic rings. The van der Waals surface area contributed by atoms with Crippen molar-refractivity contribution in [2.45, 2.75) is 0 Å². The lowest BCUT2D eigenvalue weighted by Crippen LogP contribution is -2.07. The van der Waals surface area contributed by atoms with Crippen molar-refractivity contribution in [2.75, 3.05) is 0 Å².